The average Bonchev–Trinajstić information content (AvgIpc) is 2.56. The van der Waals surface area contributed by atoms with Crippen molar-refractivity contribution in [2.24, 2.45) is 0 Å². The van der Waals surface area contributed by atoms with Crippen molar-refractivity contribution in [1.82, 2.24) is 9.88 Å². The fraction of sp³-hybridized carbons (Fsp3) is 0.400. The lowest BCUT2D eigenvalue weighted by atomic mass is 9.86. The first kappa shape index (κ1) is 18.0. The number of pyridine rings is 1. The molecule has 128 valence electrons. The number of hydrogen-bond acceptors (Lipinski definition) is 3. The number of amides is 1. The van der Waals surface area contributed by atoms with Crippen LogP contribution in [-0.2, 0) is 5.41 Å². The zero-order valence-electron chi connectivity index (χ0n) is 15.3. The van der Waals surface area contributed by atoms with E-state index in [0.717, 1.165) is 11.4 Å². The summed E-state index contributed by atoms with van der Waals surface area (Å²) in [7, 11) is 0. The summed E-state index contributed by atoms with van der Waals surface area (Å²) in [6, 6.07) is 12.0. The van der Waals surface area contributed by atoms with Gasteiger partial charge in [0.25, 0.3) is 5.91 Å². The van der Waals surface area contributed by atoms with Crippen molar-refractivity contribution in [2.75, 3.05) is 18.4 Å². The van der Waals surface area contributed by atoms with E-state index in [4.69, 9.17) is 0 Å². The van der Waals surface area contributed by atoms with Gasteiger partial charge in [-0.1, -0.05) is 39.0 Å². The lowest BCUT2D eigenvalue weighted by Gasteiger charge is -2.23. The summed E-state index contributed by atoms with van der Waals surface area (Å²) in [6.07, 6.45) is 1.72. The molecular formula is C20H27N3O. The van der Waals surface area contributed by atoms with E-state index in [1.54, 1.807) is 17.2 Å². The minimum atomic E-state index is -0.0263. The second kappa shape index (κ2) is 7.47. The summed E-state index contributed by atoms with van der Waals surface area (Å²) in [5.74, 6) is -0.0263. The number of carbonyl (C=O) groups is 1. The van der Waals surface area contributed by atoms with Gasteiger partial charge in [-0.15, -0.1) is 0 Å². The molecule has 1 N–H and O–H groups in total. The van der Waals surface area contributed by atoms with Crippen LogP contribution in [0.1, 0.15) is 50.7 Å². The first-order chi connectivity index (χ1) is 11.4. The average molecular weight is 325 g/mol. The van der Waals surface area contributed by atoms with E-state index < -0.39 is 0 Å². The minimum absolute atomic E-state index is 0.0263. The van der Waals surface area contributed by atoms with E-state index in [1.807, 2.05) is 26.0 Å². The molecule has 2 aromatic rings. The molecule has 4 heteroatoms. The SMILES string of the molecule is CCN(CC)C(=O)c1ccc(Nc2ccccc2C(C)(C)C)cn1. The van der Waals surface area contributed by atoms with Gasteiger partial charge in [-0.3, -0.25) is 4.79 Å². The Balaban J connectivity index is 2.20. The topological polar surface area (TPSA) is 45.2 Å². The number of carbonyl (C=O) groups excluding carboxylic acids is 1. The first-order valence-electron chi connectivity index (χ1n) is 8.48. The lowest BCUT2D eigenvalue weighted by Crippen LogP contribution is -2.31. The zero-order valence-corrected chi connectivity index (χ0v) is 15.3. The van der Waals surface area contributed by atoms with Gasteiger partial charge in [0.2, 0.25) is 0 Å². The van der Waals surface area contributed by atoms with Crippen molar-refractivity contribution in [3.05, 3.63) is 53.9 Å². The van der Waals surface area contributed by atoms with Gasteiger partial charge in [0, 0.05) is 18.8 Å². The Labute approximate surface area is 144 Å². The van der Waals surface area contributed by atoms with Gasteiger partial charge in [0.15, 0.2) is 0 Å². The summed E-state index contributed by atoms with van der Waals surface area (Å²) >= 11 is 0. The highest BCUT2D eigenvalue weighted by atomic mass is 16.2. The van der Waals surface area contributed by atoms with E-state index in [1.165, 1.54) is 5.56 Å². The normalized spacial score (nSPS) is 11.2. The van der Waals surface area contributed by atoms with E-state index in [0.29, 0.717) is 18.8 Å². The van der Waals surface area contributed by atoms with Crippen LogP contribution in [0.2, 0.25) is 0 Å². The molecule has 0 saturated heterocycles. The van der Waals surface area contributed by atoms with Crippen LogP contribution in [-0.4, -0.2) is 28.9 Å². The zero-order chi connectivity index (χ0) is 17.7. The van der Waals surface area contributed by atoms with Crippen molar-refractivity contribution in [2.45, 2.75) is 40.0 Å². The number of hydrogen-bond donors (Lipinski definition) is 1. The molecular weight excluding hydrogens is 298 g/mol. The van der Waals surface area contributed by atoms with Crippen LogP contribution in [0.3, 0.4) is 0 Å². The van der Waals surface area contributed by atoms with Gasteiger partial charge in [-0.05, 0) is 43.0 Å². The fourth-order valence-corrected chi connectivity index (χ4v) is 2.67. The molecule has 0 atom stereocenters. The summed E-state index contributed by atoms with van der Waals surface area (Å²) < 4.78 is 0. The van der Waals surface area contributed by atoms with Crippen LogP contribution in [0.4, 0.5) is 11.4 Å². The molecule has 1 aromatic carbocycles. The highest BCUT2D eigenvalue weighted by Crippen LogP contribution is 2.31. The van der Waals surface area contributed by atoms with Crippen molar-refractivity contribution >= 4 is 17.3 Å². The maximum atomic E-state index is 12.3. The number of para-hydroxylation sites is 1. The van der Waals surface area contributed by atoms with E-state index in [9.17, 15) is 4.79 Å². The largest absolute Gasteiger partial charge is 0.354 e. The van der Waals surface area contributed by atoms with Crippen LogP contribution < -0.4 is 5.32 Å². The van der Waals surface area contributed by atoms with Crippen molar-refractivity contribution in [3.8, 4) is 0 Å². The second-order valence-corrected chi connectivity index (χ2v) is 6.83. The Morgan fingerprint density at radius 1 is 1.08 bits per heavy atom. The molecule has 0 aliphatic rings. The number of nitrogens with one attached hydrogen (secondary N) is 1. The maximum Gasteiger partial charge on any atom is 0.272 e. The standard InChI is InChI=1S/C20H27N3O/c1-6-23(7-2)19(24)18-13-12-15(14-21-18)22-17-11-9-8-10-16(17)20(3,4)5/h8-14,22H,6-7H2,1-5H3. The fourth-order valence-electron chi connectivity index (χ4n) is 2.67. The van der Waals surface area contributed by atoms with Gasteiger partial charge in [-0.2, -0.15) is 0 Å². The van der Waals surface area contributed by atoms with Gasteiger partial charge in [0.05, 0.1) is 11.9 Å². The predicted octanol–water partition coefficient (Wildman–Crippen LogP) is 4.60. The Morgan fingerprint density at radius 2 is 1.75 bits per heavy atom. The van der Waals surface area contributed by atoms with E-state index in [-0.39, 0.29) is 11.3 Å². The highest BCUT2D eigenvalue weighted by Gasteiger charge is 2.18. The molecule has 0 fully saturated rings. The molecule has 0 radical (unpaired) electrons. The molecule has 0 bridgehead atoms. The van der Waals surface area contributed by atoms with Crippen LogP contribution >= 0.6 is 0 Å². The van der Waals surface area contributed by atoms with E-state index in [2.05, 4.69) is 49.3 Å². The first-order valence-corrected chi connectivity index (χ1v) is 8.48. The molecule has 1 heterocycles. The summed E-state index contributed by atoms with van der Waals surface area (Å²) in [5.41, 5.74) is 3.72. The van der Waals surface area contributed by atoms with Crippen molar-refractivity contribution in [3.63, 3.8) is 0 Å². The lowest BCUT2D eigenvalue weighted by molar-refractivity contribution is 0.0767. The second-order valence-electron chi connectivity index (χ2n) is 6.83. The molecule has 0 unspecified atom stereocenters. The van der Waals surface area contributed by atoms with Crippen LogP contribution in [0.5, 0.6) is 0 Å². The number of aromatic nitrogens is 1. The Morgan fingerprint density at radius 3 is 2.29 bits per heavy atom. The van der Waals surface area contributed by atoms with Gasteiger partial charge >= 0.3 is 0 Å². The third kappa shape index (κ3) is 4.13. The van der Waals surface area contributed by atoms with Crippen molar-refractivity contribution < 1.29 is 4.79 Å². The quantitative estimate of drug-likeness (QED) is 0.873. The number of benzene rings is 1. The number of nitrogens with zero attached hydrogens (tertiary/aromatic N) is 2. The Kier molecular flexibility index (Phi) is 5.60. The maximum absolute atomic E-state index is 12.3. The molecule has 1 amide bonds. The summed E-state index contributed by atoms with van der Waals surface area (Å²) in [4.78, 5) is 18.4. The van der Waals surface area contributed by atoms with Gasteiger partial charge in [0.1, 0.15) is 5.69 Å². The van der Waals surface area contributed by atoms with Gasteiger partial charge in [-0.25, -0.2) is 4.98 Å². The smallest absolute Gasteiger partial charge is 0.272 e. The molecule has 0 spiro atoms. The van der Waals surface area contributed by atoms with Gasteiger partial charge < -0.3 is 10.2 Å². The predicted molar refractivity (Wildman–Crippen MR) is 99.9 cm³/mol. The third-order valence-corrected chi connectivity index (χ3v) is 4.05. The minimum Gasteiger partial charge on any atom is -0.354 e. The van der Waals surface area contributed by atoms with Crippen LogP contribution in [0, 0.1) is 0 Å². The molecule has 0 aliphatic heterocycles. The monoisotopic (exact) mass is 325 g/mol. The highest BCUT2D eigenvalue weighted by molar-refractivity contribution is 5.92. The number of anilines is 2. The Bertz CT molecular complexity index is 683. The summed E-state index contributed by atoms with van der Waals surface area (Å²) in [5, 5.41) is 3.41. The molecule has 4 nitrogen and oxygen atoms in total. The Hall–Kier alpha value is -2.36. The summed E-state index contributed by atoms with van der Waals surface area (Å²) in [6.45, 7) is 11.9. The van der Waals surface area contributed by atoms with Crippen LogP contribution in [0.15, 0.2) is 42.6 Å². The molecule has 2 rings (SSSR count). The molecule has 24 heavy (non-hydrogen) atoms. The third-order valence-electron chi connectivity index (χ3n) is 4.05. The van der Waals surface area contributed by atoms with Crippen molar-refractivity contribution in [1.29, 1.82) is 0 Å². The molecule has 1 aromatic heterocycles. The van der Waals surface area contributed by atoms with E-state index >= 15 is 0 Å². The molecule has 0 saturated carbocycles. The van der Waals surface area contributed by atoms with Crippen LogP contribution in [0.25, 0.3) is 0 Å². The number of rotatable bonds is 5. The molecule has 0 aliphatic carbocycles.